The molecule has 2 N–H and O–H groups in total. The maximum Gasteiger partial charge on any atom is 0.341 e. The van der Waals surface area contributed by atoms with Crippen LogP contribution in [0.3, 0.4) is 0 Å². The van der Waals surface area contributed by atoms with Crippen LogP contribution >= 0.6 is 0 Å². The van der Waals surface area contributed by atoms with Crippen molar-refractivity contribution < 1.29 is 14.3 Å². The number of carbonyl (C=O) groups is 1. The van der Waals surface area contributed by atoms with Crippen molar-refractivity contribution in [2.24, 2.45) is 4.99 Å². The van der Waals surface area contributed by atoms with Crippen LogP contribution in [0.1, 0.15) is 27.9 Å². The lowest BCUT2D eigenvalue weighted by Gasteiger charge is -2.13. The Balaban J connectivity index is 1.84. The Morgan fingerprint density at radius 3 is 2.48 bits per heavy atom. The number of aliphatic imine (C=N–C) groups is 1. The highest BCUT2D eigenvalue weighted by Gasteiger charge is 2.13. The lowest BCUT2D eigenvalue weighted by atomic mass is 10.1. The zero-order chi connectivity index (χ0) is 19.5. The second-order valence-corrected chi connectivity index (χ2v) is 5.97. The summed E-state index contributed by atoms with van der Waals surface area (Å²) in [7, 11) is 4.62. The molecule has 2 rings (SSSR count). The Labute approximate surface area is 160 Å². The van der Waals surface area contributed by atoms with Gasteiger partial charge in [0.25, 0.3) is 0 Å². The molecule has 0 aliphatic rings. The summed E-state index contributed by atoms with van der Waals surface area (Å²) < 4.78 is 10.0. The van der Waals surface area contributed by atoms with Crippen LogP contribution in [0.25, 0.3) is 0 Å². The lowest BCUT2D eigenvalue weighted by molar-refractivity contribution is 0.0597. The average molecular weight is 369 g/mol. The minimum Gasteiger partial charge on any atom is -0.496 e. The first kappa shape index (κ1) is 20.3. The minimum absolute atomic E-state index is 0.408. The third kappa shape index (κ3) is 6.33. The van der Waals surface area contributed by atoms with E-state index >= 15 is 0 Å². The van der Waals surface area contributed by atoms with E-state index in [1.54, 1.807) is 19.2 Å². The van der Waals surface area contributed by atoms with Gasteiger partial charge in [0.05, 0.1) is 14.2 Å². The Kier molecular flexibility index (Phi) is 8.16. The number of nitrogens with one attached hydrogen (secondary N) is 2. The van der Waals surface area contributed by atoms with Crippen LogP contribution in [0.2, 0.25) is 0 Å². The molecule has 2 aromatic rings. The van der Waals surface area contributed by atoms with Gasteiger partial charge in [0, 0.05) is 20.1 Å². The van der Waals surface area contributed by atoms with E-state index < -0.39 is 5.97 Å². The summed E-state index contributed by atoms with van der Waals surface area (Å²) in [5, 5.41) is 6.56. The molecule has 0 fully saturated rings. The van der Waals surface area contributed by atoms with Gasteiger partial charge in [-0.05, 0) is 36.1 Å². The van der Waals surface area contributed by atoms with E-state index in [0.717, 1.165) is 30.9 Å². The highest BCUT2D eigenvalue weighted by Crippen LogP contribution is 2.20. The summed E-state index contributed by atoms with van der Waals surface area (Å²) >= 11 is 0. The largest absolute Gasteiger partial charge is 0.496 e. The number of hydrogen-bond acceptors (Lipinski definition) is 4. The van der Waals surface area contributed by atoms with Crippen molar-refractivity contribution in [2.75, 3.05) is 27.8 Å². The molecule has 144 valence electrons. The monoisotopic (exact) mass is 369 g/mol. The topological polar surface area (TPSA) is 72.0 Å². The van der Waals surface area contributed by atoms with E-state index in [9.17, 15) is 4.79 Å². The van der Waals surface area contributed by atoms with Gasteiger partial charge >= 0.3 is 5.97 Å². The molecule has 0 amide bonds. The zero-order valence-electron chi connectivity index (χ0n) is 16.1. The van der Waals surface area contributed by atoms with Crippen LogP contribution in [0.15, 0.2) is 53.5 Å². The SMILES string of the molecule is CN=C(NCCCc1ccccc1)NCc1ccc(OC)c(C(=O)OC)c1. The second-order valence-electron chi connectivity index (χ2n) is 5.97. The van der Waals surface area contributed by atoms with Gasteiger partial charge in [0.2, 0.25) is 0 Å². The molecular weight excluding hydrogens is 342 g/mol. The maximum atomic E-state index is 11.9. The third-order valence-corrected chi connectivity index (χ3v) is 4.13. The number of guanidine groups is 1. The fourth-order valence-electron chi connectivity index (χ4n) is 2.68. The van der Waals surface area contributed by atoms with Crippen LogP contribution in [-0.4, -0.2) is 39.7 Å². The van der Waals surface area contributed by atoms with Crippen molar-refractivity contribution in [3.63, 3.8) is 0 Å². The quantitative estimate of drug-likeness (QED) is 0.324. The summed E-state index contributed by atoms with van der Waals surface area (Å²) in [4.78, 5) is 16.1. The first-order valence-electron chi connectivity index (χ1n) is 8.91. The Hall–Kier alpha value is -3.02. The second kappa shape index (κ2) is 10.9. The summed E-state index contributed by atoms with van der Waals surface area (Å²) in [6, 6.07) is 15.8. The molecule has 0 radical (unpaired) electrons. The fourth-order valence-corrected chi connectivity index (χ4v) is 2.68. The summed E-state index contributed by atoms with van der Waals surface area (Å²) in [5.41, 5.74) is 2.67. The number of rotatable bonds is 8. The number of aryl methyl sites for hydroxylation is 1. The van der Waals surface area contributed by atoms with Crippen molar-refractivity contribution in [3.05, 3.63) is 65.2 Å². The van der Waals surface area contributed by atoms with E-state index in [0.29, 0.717) is 17.9 Å². The number of carbonyl (C=O) groups excluding carboxylic acids is 1. The van der Waals surface area contributed by atoms with Gasteiger partial charge in [-0.2, -0.15) is 0 Å². The van der Waals surface area contributed by atoms with Crippen LogP contribution in [0.4, 0.5) is 0 Å². The van der Waals surface area contributed by atoms with Gasteiger partial charge in [-0.3, -0.25) is 4.99 Å². The summed E-state index contributed by atoms with van der Waals surface area (Å²) in [6.45, 7) is 1.36. The fraction of sp³-hybridized carbons (Fsp3) is 0.333. The van der Waals surface area contributed by atoms with Crippen LogP contribution < -0.4 is 15.4 Å². The third-order valence-electron chi connectivity index (χ3n) is 4.13. The summed E-state index contributed by atoms with van der Waals surface area (Å²) in [5.74, 6) is 0.796. The molecule has 0 bridgehead atoms. The molecule has 0 heterocycles. The van der Waals surface area contributed by atoms with E-state index in [1.165, 1.54) is 19.8 Å². The zero-order valence-corrected chi connectivity index (χ0v) is 16.1. The highest BCUT2D eigenvalue weighted by atomic mass is 16.5. The highest BCUT2D eigenvalue weighted by molar-refractivity contribution is 5.92. The molecule has 2 aromatic carbocycles. The number of ether oxygens (including phenoxy) is 2. The summed E-state index contributed by atoms with van der Waals surface area (Å²) in [6.07, 6.45) is 2.03. The number of methoxy groups -OCH3 is 2. The van der Waals surface area contributed by atoms with Crippen molar-refractivity contribution in [3.8, 4) is 5.75 Å². The molecule has 0 saturated heterocycles. The Bertz CT molecular complexity index is 761. The van der Waals surface area contributed by atoms with Crippen molar-refractivity contribution in [1.82, 2.24) is 10.6 Å². The van der Waals surface area contributed by atoms with E-state index in [4.69, 9.17) is 9.47 Å². The Morgan fingerprint density at radius 1 is 1.04 bits per heavy atom. The molecular formula is C21H27N3O3. The predicted molar refractivity (Wildman–Crippen MR) is 107 cm³/mol. The first-order chi connectivity index (χ1) is 13.2. The lowest BCUT2D eigenvalue weighted by Crippen LogP contribution is -2.37. The van der Waals surface area contributed by atoms with E-state index in [2.05, 4.69) is 39.9 Å². The van der Waals surface area contributed by atoms with Crippen molar-refractivity contribution in [2.45, 2.75) is 19.4 Å². The standard InChI is InChI=1S/C21H27N3O3/c1-22-21(23-13-7-10-16-8-5-4-6-9-16)24-15-17-11-12-19(26-2)18(14-17)20(25)27-3/h4-6,8-9,11-12,14H,7,10,13,15H2,1-3H3,(H2,22,23,24). The predicted octanol–water partition coefficient (Wildman–Crippen LogP) is 2.78. The number of hydrogen-bond donors (Lipinski definition) is 2. The van der Waals surface area contributed by atoms with Crippen LogP contribution in [-0.2, 0) is 17.7 Å². The molecule has 0 aliphatic carbocycles. The average Bonchev–Trinajstić information content (AvgIpc) is 2.73. The smallest absolute Gasteiger partial charge is 0.341 e. The van der Waals surface area contributed by atoms with Gasteiger partial charge in [-0.15, -0.1) is 0 Å². The van der Waals surface area contributed by atoms with Crippen LogP contribution in [0.5, 0.6) is 5.75 Å². The van der Waals surface area contributed by atoms with Gasteiger partial charge in [-0.1, -0.05) is 36.4 Å². The molecule has 0 atom stereocenters. The number of benzene rings is 2. The van der Waals surface area contributed by atoms with Gasteiger partial charge in [-0.25, -0.2) is 4.79 Å². The first-order valence-corrected chi connectivity index (χ1v) is 8.91. The van der Waals surface area contributed by atoms with Gasteiger partial charge < -0.3 is 20.1 Å². The number of esters is 1. The van der Waals surface area contributed by atoms with Crippen molar-refractivity contribution >= 4 is 11.9 Å². The van der Waals surface area contributed by atoms with Gasteiger partial charge in [0.1, 0.15) is 11.3 Å². The molecule has 0 unspecified atom stereocenters. The van der Waals surface area contributed by atoms with Crippen LogP contribution in [0, 0.1) is 0 Å². The maximum absolute atomic E-state index is 11.9. The molecule has 0 aliphatic heterocycles. The van der Waals surface area contributed by atoms with Crippen molar-refractivity contribution in [1.29, 1.82) is 0 Å². The molecule has 27 heavy (non-hydrogen) atoms. The normalized spacial score (nSPS) is 11.0. The minimum atomic E-state index is -0.419. The van der Waals surface area contributed by atoms with E-state index in [1.807, 2.05) is 12.1 Å². The number of nitrogens with zero attached hydrogens (tertiary/aromatic N) is 1. The van der Waals surface area contributed by atoms with Gasteiger partial charge in [0.15, 0.2) is 5.96 Å². The molecule has 0 saturated carbocycles. The molecule has 0 aromatic heterocycles. The molecule has 6 nitrogen and oxygen atoms in total. The Morgan fingerprint density at radius 2 is 1.81 bits per heavy atom. The van der Waals surface area contributed by atoms with E-state index in [-0.39, 0.29) is 0 Å². The molecule has 6 heteroatoms. The molecule has 0 spiro atoms.